The number of aliphatic hydroxyl groups excluding tert-OH is 1. The Hall–Kier alpha value is -1.69. The number of anilines is 1. The molecule has 114 valence electrons. The summed E-state index contributed by atoms with van der Waals surface area (Å²) in [5.74, 6) is 1.32. The molecule has 2 heterocycles. The highest BCUT2D eigenvalue weighted by atomic mass is 16.3. The van der Waals surface area contributed by atoms with Crippen molar-refractivity contribution in [2.45, 2.75) is 44.6 Å². The van der Waals surface area contributed by atoms with Crippen LogP contribution in [0.5, 0.6) is 0 Å². The Morgan fingerprint density at radius 2 is 2.19 bits per heavy atom. The summed E-state index contributed by atoms with van der Waals surface area (Å²) in [6.45, 7) is 0.865. The van der Waals surface area contributed by atoms with E-state index in [-0.39, 0.29) is 6.10 Å². The van der Waals surface area contributed by atoms with E-state index in [9.17, 15) is 5.11 Å². The lowest BCUT2D eigenvalue weighted by Crippen LogP contribution is -2.24. The standard InChI is InChI=1S/C15H23N5O/c1-20-15-12(9-19-20)14(17-10-18-15)16-8-4-6-11-5-2-3-7-13(11)21/h9-11,13,21H,2-8H2,1H3,(H,16,17,18). The van der Waals surface area contributed by atoms with E-state index < -0.39 is 0 Å². The van der Waals surface area contributed by atoms with Crippen molar-refractivity contribution < 1.29 is 5.11 Å². The fourth-order valence-electron chi connectivity index (χ4n) is 3.20. The van der Waals surface area contributed by atoms with Gasteiger partial charge in [-0.1, -0.05) is 12.8 Å². The van der Waals surface area contributed by atoms with Crippen molar-refractivity contribution in [3.8, 4) is 0 Å². The molecular weight excluding hydrogens is 266 g/mol. The molecule has 0 amide bonds. The lowest BCUT2D eigenvalue weighted by atomic mass is 9.83. The smallest absolute Gasteiger partial charge is 0.163 e. The van der Waals surface area contributed by atoms with Crippen molar-refractivity contribution in [2.24, 2.45) is 13.0 Å². The monoisotopic (exact) mass is 289 g/mol. The summed E-state index contributed by atoms with van der Waals surface area (Å²) in [6, 6.07) is 0. The lowest BCUT2D eigenvalue weighted by molar-refractivity contribution is 0.0648. The van der Waals surface area contributed by atoms with Crippen LogP contribution in [0.2, 0.25) is 0 Å². The van der Waals surface area contributed by atoms with Crippen molar-refractivity contribution >= 4 is 16.9 Å². The van der Waals surface area contributed by atoms with Gasteiger partial charge < -0.3 is 10.4 Å². The Balaban J connectivity index is 1.52. The Bertz CT molecular complexity index is 597. The summed E-state index contributed by atoms with van der Waals surface area (Å²) in [4.78, 5) is 8.52. The van der Waals surface area contributed by atoms with Gasteiger partial charge >= 0.3 is 0 Å². The SMILES string of the molecule is Cn1ncc2c(NCCCC3CCCCC3O)ncnc21. The molecule has 21 heavy (non-hydrogen) atoms. The number of hydrogen-bond donors (Lipinski definition) is 2. The summed E-state index contributed by atoms with van der Waals surface area (Å²) in [5.41, 5.74) is 0.843. The van der Waals surface area contributed by atoms with Crippen LogP contribution in [-0.4, -0.2) is 37.5 Å². The molecule has 0 aromatic carbocycles. The minimum atomic E-state index is -0.0946. The molecular formula is C15H23N5O. The number of aliphatic hydroxyl groups is 1. The van der Waals surface area contributed by atoms with Gasteiger partial charge in [-0.2, -0.15) is 5.10 Å². The van der Waals surface area contributed by atoms with E-state index in [1.54, 1.807) is 17.2 Å². The predicted molar refractivity (Wildman–Crippen MR) is 82.0 cm³/mol. The molecule has 1 saturated carbocycles. The van der Waals surface area contributed by atoms with Gasteiger partial charge in [0.2, 0.25) is 0 Å². The minimum Gasteiger partial charge on any atom is -0.393 e. The molecule has 2 atom stereocenters. The normalized spacial score (nSPS) is 22.6. The molecule has 0 radical (unpaired) electrons. The topological polar surface area (TPSA) is 75.9 Å². The van der Waals surface area contributed by atoms with Crippen LogP contribution in [0.15, 0.2) is 12.5 Å². The number of aromatic nitrogens is 4. The van der Waals surface area contributed by atoms with E-state index in [0.717, 1.165) is 42.7 Å². The average Bonchev–Trinajstić information content (AvgIpc) is 2.88. The van der Waals surface area contributed by atoms with Gasteiger partial charge in [-0.15, -0.1) is 0 Å². The summed E-state index contributed by atoms with van der Waals surface area (Å²) in [7, 11) is 1.88. The van der Waals surface area contributed by atoms with Crippen LogP contribution in [0.3, 0.4) is 0 Å². The second kappa shape index (κ2) is 6.39. The molecule has 1 fully saturated rings. The van der Waals surface area contributed by atoms with Crippen LogP contribution in [0.25, 0.3) is 11.0 Å². The molecule has 0 aliphatic heterocycles. The Labute approximate surface area is 124 Å². The van der Waals surface area contributed by atoms with Crippen LogP contribution in [0.1, 0.15) is 38.5 Å². The molecule has 6 nitrogen and oxygen atoms in total. The number of fused-ring (bicyclic) bond motifs is 1. The summed E-state index contributed by atoms with van der Waals surface area (Å²) in [5, 5.41) is 18.5. The van der Waals surface area contributed by atoms with Gasteiger partial charge in [-0.25, -0.2) is 9.97 Å². The molecule has 3 rings (SSSR count). The predicted octanol–water partition coefficient (Wildman–Crippen LogP) is 2.11. The lowest BCUT2D eigenvalue weighted by Gasteiger charge is -2.27. The maximum Gasteiger partial charge on any atom is 0.163 e. The molecule has 0 spiro atoms. The molecule has 6 heteroatoms. The zero-order valence-electron chi connectivity index (χ0n) is 12.5. The third kappa shape index (κ3) is 3.15. The first-order chi connectivity index (χ1) is 10.3. The van der Waals surface area contributed by atoms with Crippen LogP contribution < -0.4 is 5.32 Å². The molecule has 2 aromatic heterocycles. The summed E-state index contributed by atoms with van der Waals surface area (Å²) in [6.07, 6.45) is 9.97. The second-order valence-corrected chi connectivity index (χ2v) is 5.91. The minimum absolute atomic E-state index is 0.0946. The first-order valence-electron chi connectivity index (χ1n) is 7.80. The zero-order chi connectivity index (χ0) is 14.7. The fourth-order valence-corrected chi connectivity index (χ4v) is 3.20. The van der Waals surface area contributed by atoms with Gasteiger partial charge in [-0.05, 0) is 31.6 Å². The van der Waals surface area contributed by atoms with E-state index in [0.29, 0.717) is 5.92 Å². The van der Waals surface area contributed by atoms with E-state index >= 15 is 0 Å². The largest absolute Gasteiger partial charge is 0.393 e. The van der Waals surface area contributed by atoms with E-state index in [2.05, 4.69) is 20.4 Å². The van der Waals surface area contributed by atoms with Crippen molar-refractivity contribution in [1.29, 1.82) is 0 Å². The van der Waals surface area contributed by atoms with Gasteiger partial charge in [0.05, 0.1) is 17.7 Å². The van der Waals surface area contributed by atoms with Gasteiger partial charge in [0.15, 0.2) is 5.65 Å². The quantitative estimate of drug-likeness (QED) is 0.824. The molecule has 2 N–H and O–H groups in total. The molecule has 2 aromatic rings. The number of aryl methyl sites for hydroxylation is 1. The molecule has 1 aliphatic carbocycles. The third-order valence-electron chi connectivity index (χ3n) is 4.44. The Morgan fingerprint density at radius 1 is 1.33 bits per heavy atom. The van der Waals surface area contributed by atoms with Crippen LogP contribution in [0, 0.1) is 5.92 Å². The highest BCUT2D eigenvalue weighted by Crippen LogP contribution is 2.28. The van der Waals surface area contributed by atoms with Crippen molar-refractivity contribution in [3.05, 3.63) is 12.5 Å². The molecule has 0 saturated heterocycles. The average molecular weight is 289 g/mol. The molecule has 0 bridgehead atoms. The number of nitrogens with one attached hydrogen (secondary N) is 1. The highest BCUT2D eigenvalue weighted by molar-refractivity contribution is 5.85. The van der Waals surface area contributed by atoms with E-state index in [1.807, 2.05) is 7.05 Å². The second-order valence-electron chi connectivity index (χ2n) is 5.91. The number of nitrogens with zero attached hydrogens (tertiary/aromatic N) is 4. The van der Waals surface area contributed by atoms with Crippen LogP contribution in [0.4, 0.5) is 5.82 Å². The number of rotatable bonds is 5. The Morgan fingerprint density at radius 3 is 3.05 bits per heavy atom. The molecule has 1 aliphatic rings. The van der Waals surface area contributed by atoms with Crippen molar-refractivity contribution in [2.75, 3.05) is 11.9 Å². The maximum atomic E-state index is 9.98. The van der Waals surface area contributed by atoms with Gasteiger partial charge in [0.25, 0.3) is 0 Å². The van der Waals surface area contributed by atoms with Crippen LogP contribution in [-0.2, 0) is 7.05 Å². The van der Waals surface area contributed by atoms with Crippen molar-refractivity contribution in [1.82, 2.24) is 19.7 Å². The first kappa shape index (κ1) is 14.3. The first-order valence-corrected chi connectivity index (χ1v) is 7.80. The van der Waals surface area contributed by atoms with Crippen molar-refractivity contribution in [3.63, 3.8) is 0 Å². The van der Waals surface area contributed by atoms with Gasteiger partial charge in [-0.3, -0.25) is 4.68 Å². The summed E-state index contributed by atoms with van der Waals surface area (Å²) < 4.78 is 1.75. The third-order valence-corrected chi connectivity index (χ3v) is 4.44. The Kier molecular flexibility index (Phi) is 4.34. The zero-order valence-corrected chi connectivity index (χ0v) is 12.5. The van der Waals surface area contributed by atoms with E-state index in [1.165, 1.54) is 19.3 Å². The highest BCUT2D eigenvalue weighted by Gasteiger charge is 2.22. The maximum absolute atomic E-state index is 9.98. The van der Waals surface area contributed by atoms with Gasteiger partial charge in [0, 0.05) is 13.6 Å². The van der Waals surface area contributed by atoms with E-state index in [4.69, 9.17) is 0 Å². The van der Waals surface area contributed by atoms with Crippen LogP contribution >= 0.6 is 0 Å². The van der Waals surface area contributed by atoms with Gasteiger partial charge in [0.1, 0.15) is 12.1 Å². The number of hydrogen-bond acceptors (Lipinski definition) is 5. The fraction of sp³-hybridized carbons (Fsp3) is 0.667. The molecule has 2 unspecified atom stereocenters. The summed E-state index contributed by atoms with van der Waals surface area (Å²) >= 11 is 0.